The molecule has 0 spiro atoms. The smallest absolute Gasteiger partial charge is 0.348 e. The van der Waals surface area contributed by atoms with Crippen LogP contribution in [0.2, 0.25) is 0 Å². The van der Waals surface area contributed by atoms with Crippen LogP contribution in [0.4, 0.5) is 5.82 Å². The highest BCUT2D eigenvalue weighted by Gasteiger charge is 2.36. The molecule has 3 atom stereocenters. The van der Waals surface area contributed by atoms with Crippen molar-refractivity contribution in [2.75, 3.05) is 32.3 Å². The van der Waals surface area contributed by atoms with Gasteiger partial charge >= 0.3 is 5.69 Å². The van der Waals surface area contributed by atoms with Gasteiger partial charge in [0.15, 0.2) is 5.65 Å². The average Bonchev–Trinajstić information content (AvgIpc) is 3.09. The third-order valence-corrected chi connectivity index (χ3v) is 4.14. The number of ether oxygens (including phenoxy) is 1. The Labute approximate surface area is 142 Å². The van der Waals surface area contributed by atoms with Gasteiger partial charge in [0.05, 0.1) is 12.4 Å². The SMILES string of the molecule is CNc1[nH]c(=O)nc2c1ncn2[C@H]1C[C@@H](O)[C@@H](COOP(C)(C)=O)O1. The quantitative estimate of drug-likeness (QED) is 0.370. The molecule has 3 rings (SSSR count). The van der Waals surface area contributed by atoms with Gasteiger partial charge in [-0.25, -0.2) is 14.7 Å². The number of hydrogen-bond donors (Lipinski definition) is 3. The van der Waals surface area contributed by atoms with Crippen molar-refractivity contribution in [2.24, 2.45) is 0 Å². The summed E-state index contributed by atoms with van der Waals surface area (Å²) >= 11 is 0. The minimum atomic E-state index is -2.78. The van der Waals surface area contributed by atoms with Crippen molar-refractivity contribution >= 4 is 24.4 Å². The molecule has 1 aliphatic rings. The second-order valence-corrected chi connectivity index (χ2v) is 8.69. The summed E-state index contributed by atoms with van der Waals surface area (Å²) < 4.78 is 23.6. The number of aliphatic hydroxyl groups excluding tert-OH is 1. The highest BCUT2D eigenvalue weighted by molar-refractivity contribution is 7.57. The molecule has 12 heteroatoms. The minimum Gasteiger partial charge on any atom is -0.390 e. The van der Waals surface area contributed by atoms with Gasteiger partial charge in [0.25, 0.3) is 0 Å². The van der Waals surface area contributed by atoms with Gasteiger partial charge in [-0.2, -0.15) is 9.66 Å². The number of anilines is 1. The van der Waals surface area contributed by atoms with Crippen molar-refractivity contribution in [3.63, 3.8) is 0 Å². The molecule has 3 N–H and O–H groups in total. The Balaban J connectivity index is 1.77. The van der Waals surface area contributed by atoms with Gasteiger partial charge < -0.3 is 15.2 Å². The number of hydrogen-bond acceptors (Lipinski definition) is 9. The maximum absolute atomic E-state index is 11.7. The molecule has 25 heavy (non-hydrogen) atoms. The molecule has 0 saturated carbocycles. The number of nitrogens with zero attached hydrogens (tertiary/aromatic N) is 3. The molecule has 2 aromatic rings. The molecule has 0 aromatic carbocycles. The lowest BCUT2D eigenvalue weighted by atomic mass is 10.2. The predicted molar refractivity (Wildman–Crippen MR) is 88.7 cm³/mol. The molecule has 1 saturated heterocycles. The number of nitrogens with one attached hydrogen (secondary N) is 2. The molecule has 0 aliphatic carbocycles. The number of fused-ring (bicyclic) bond motifs is 1. The highest BCUT2D eigenvalue weighted by atomic mass is 31.2. The number of aromatic nitrogens is 4. The Morgan fingerprint density at radius 2 is 2.32 bits per heavy atom. The van der Waals surface area contributed by atoms with E-state index in [1.807, 2.05) is 0 Å². The molecule has 1 fully saturated rings. The summed E-state index contributed by atoms with van der Waals surface area (Å²) in [6.07, 6.45) is -0.291. The fraction of sp³-hybridized carbons (Fsp3) is 0.615. The van der Waals surface area contributed by atoms with Gasteiger partial charge in [-0.3, -0.25) is 14.1 Å². The molecule has 138 valence electrons. The maximum Gasteiger partial charge on any atom is 0.348 e. The first kappa shape index (κ1) is 18.0. The van der Waals surface area contributed by atoms with Crippen LogP contribution in [0.15, 0.2) is 11.1 Å². The Morgan fingerprint density at radius 3 is 3.00 bits per heavy atom. The van der Waals surface area contributed by atoms with Crippen LogP contribution >= 0.6 is 7.37 Å². The lowest BCUT2D eigenvalue weighted by Crippen LogP contribution is -2.26. The second-order valence-electron chi connectivity index (χ2n) is 6.03. The number of aromatic amines is 1. The van der Waals surface area contributed by atoms with Gasteiger partial charge in [-0.15, -0.1) is 0 Å². The summed E-state index contributed by atoms with van der Waals surface area (Å²) in [6, 6.07) is 0. The first-order valence-corrected chi connectivity index (χ1v) is 10.1. The zero-order valence-corrected chi connectivity index (χ0v) is 14.9. The van der Waals surface area contributed by atoms with E-state index >= 15 is 0 Å². The first-order chi connectivity index (χ1) is 11.8. The van der Waals surface area contributed by atoms with Gasteiger partial charge in [0.2, 0.25) is 7.37 Å². The average molecular weight is 373 g/mol. The van der Waals surface area contributed by atoms with Crippen molar-refractivity contribution in [3.8, 4) is 0 Å². The van der Waals surface area contributed by atoms with E-state index < -0.39 is 31.5 Å². The molecular weight excluding hydrogens is 353 g/mol. The molecule has 0 unspecified atom stereocenters. The van der Waals surface area contributed by atoms with Crippen LogP contribution in [0, 0.1) is 0 Å². The minimum absolute atomic E-state index is 0.0776. The number of rotatable bonds is 6. The molecule has 0 radical (unpaired) electrons. The van der Waals surface area contributed by atoms with E-state index in [-0.39, 0.29) is 13.0 Å². The van der Waals surface area contributed by atoms with Crippen LogP contribution in [0.25, 0.3) is 11.2 Å². The van der Waals surface area contributed by atoms with Crippen molar-refractivity contribution in [1.82, 2.24) is 19.5 Å². The van der Waals surface area contributed by atoms with Crippen LogP contribution in [-0.2, 0) is 18.9 Å². The summed E-state index contributed by atoms with van der Waals surface area (Å²) in [5.74, 6) is 0.447. The highest BCUT2D eigenvalue weighted by Crippen LogP contribution is 2.38. The Hall–Kier alpha value is -1.78. The Kier molecular flexibility index (Phi) is 4.94. The fourth-order valence-corrected chi connectivity index (χ4v) is 2.90. The second kappa shape index (κ2) is 6.85. The molecule has 1 aliphatic heterocycles. The predicted octanol–water partition coefficient (Wildman–Crippen LogP) is 0.296. The molecular formula is C13H20N5O6P. The third kappa shape index (κ3) is 3.91. The summed E-state index contributed by atoms with van der Waals surface area (Å²) in [5, 5.41) is 13.0. The Morgan fingerprint density at radius 1 is 1.56 bits per heavy atom. The first-order valence-electron chi connectivity index (χ1n) is 7.63. The van der Waals surface area contributed by atoms with Crippen molar-refractivity contribution in [3.05, 3.63) is 16.8 Å². The lowest BCUT2D eigenvalue weighted by molar-refractivity contribution is -0.231. The van der Waals surface area contributed by atoms with Crippen molar-refractivity contribution in [1.29, 1.82) is 0 Å². The topological polar surface area (TPSA) is 141 Å². The van der Waals surface area contributed by atoms with E-state index in [1.54, 1.807) is 11.6 Å². The fourth-order valence-electron chi connectivity index (χ4n) is 2.58. The maximum atomic E-state index is 11.7. The molecule has 2 aromatic heterocycles. The van der Waals surface area contributed by atoms with E-state index in [1.165, 1.54) is 19.7 Å². The van der Waals surface area contributed by atoms with E-state index in [9.17, 15) is 14.5 Å². The number of aliphatic hydroxyl groups is 1. The van der Waals surface area contributed by atoms with Crippen LogP contribution in [0.3, 0.4) is 0 Å². The summed E-state index contributed by atoms with van der Waals surface area (Å²) in [7, 11) is -1.12. The van der Waals surface area contributed by atoms with E-state index in [2.05, 4.69) is 20.3 Å². The van der Waals surface area contributed by atoms with Crippen LogP contribution < -0.4 is 11.0 Å². The monoisotopic (exact) mass is 373 g/mol. The zero-order chi connectivity index (χ0) is 18.2. The van der Waals surface area contributed by atoms with E-state index in [0.29, 0.717) is 17.0 Å². The van der Waals surface area contributed by atoms with Crippen molar-refractivity contribution < 1.29 is 24.0 Å². The van der Waals surface area contributed by atoms with E-state index in [4.69, 9.17) is 14.3 Å². The summed E-state index contributed by atoms with van der Waals surface area (Å²) in [6.45, 7) is 2.76. The van der Waals surface area contributed by atoms with Crippen LogP contribution in [0.5, 0.6) is 0 Å². The molecule has 0 amide bonds. The van der Waals surface area contributed by atoms with Gasteiger partial charge in [0.1, 0.15) is 30.3 Å². The van der Waals surface area contributed by atoms with Gasteiger partial charge in [0, 0.05) is 26.8 Å². The zero-order valence-electron chi connectivity index (χ0n) is 14.0. The van der Waals surface area contributed by atoms with Gasteiger partial charge in [-0.05, 0) is 0 Å². The van der Waals surface area contributed by atoms with Crippen LogP contribution in [-0.4, -0.2) is 63.8 Å². The van der Waals surface area contributed by atoms with Crippen LogP contribution in [0.1, 0.15) is 12.6 Å². The van der Waals surface area contributed by atoms with Crippen molar-refractivity contribution in [2.45, 2.75) is 24.9 Å². The summed E-state index contributed by atoms with van der Waals surface area (Å²) in [4.78, 5) is 27.3. The number of imidazole rings is 1. The van der Waals surface area contributed by atoms with Gasteiger partial charge in [-0.1, -0.05) is 0 Å². The largest absolute Gasteiger partial charge is 0.390 e. The standard InChI is InChI=1S/C13H20N5O6P/c1-14-11-10-12(17-13(20)16-11)18(6-15-10)9-4-7(19)8(23-9)5-22-24-25(2,3)21/h6-9,19H,4-5H2,1-3H3,(H2,14,16,17,20)/t7-,8-,9-/m1/s1. The molecule has 0 bridgehead atoms. The molecule has 3 heterocycles. The summed E-state index contributed by atoms with van der Waals surface area (Å²) in [5.41, 5.74) is 0.308. The van der Waals surface area contributed by atoms with E-state index in [0.717, 1.165) is 0 Å². The lowest BCUT2D eigenvalue weighted by Gasteiger charge is -2.16. The molecule has 11 nitrogen and oxygen atoms in total. The Bertz CT molecular complexity index is 860. The number of H-pyrrole nitrogens is 1. The normalized spacial score (nSPS) is 24.1. The third-order valence-electron chi connectivity index (χ3n) is 3.67.